The highest BCUT2D eigenvalue weighted by Gasteiger charge is 2.29. The zero-order chi connectivity index (χ0) is 12.8. The fraction of sp³-hybridized carbons (Fsp3) is 0.300. The molecule has 0 aromatic heterocycles. The summed E-state index contributed by atoms with van der Waals surface area (Å²) >= 11 is 0. The molecule has 0 radical (unpaired) electrons. The SMILES string of the molecule is CC(=O)O.OCc1ccc(C(F)(F)F)cc1. The van der Waals surface area contributed by atoms with Crippen molar-refractivity contribution in [1.82, 2.24) is 0 Å². The van der Waals surface area contributed by atoms with Crippen LogP contribution < -0.4 is 0 Å². The number of alkyl halides is 3. The molecule has 0 amide bonds. The van der Waals surface area contributed by atoms with E-state index in [-0.39, 0.29) is 6.61 Å². The predicted octanol–water partition coefficient (Wildman–Crippen LogP) is 2.29. The van der Waals surface area contributed by atoms with Gasteiger partial charge in [-0.15, -0.1) is 0 Å². The Morgan fingerprint density at radius 1 is 1.25 bits per heavy atom. The Bertz CT molecular complexity index is 326. The minimum absolute atomic E-state index is 0.238. The number of aliphatic carboxylic acids is 1. The molecule has 0 aliphatic heterocycles. The molecule has 6 heteroatoms. The van der Waals surface area contributed by atoms with Gasteiger partial charge in [-0.2, -0.15) is 13.2 Å². The first-order valence-corrected chi connectivity index (χ1v) is 4.24. The van der Waals surface area contributed by atoms with Gasteiger partial charge in [0.1, 0.15) is 0 Å². The van der Waals surface area contributed by atoms with E-state index in [1.165, 1.54) is 12.1 Å². The largest absolute Gasteiger partial charge is 0.481 e. The molecule has 0 atom stereocenters. The molecule has 1 rings (SSSR count). The van der Waals surface area contributed by atoms with Gasteiger partial charge in [-0.05, 0) is 17.7 Å². The first-order chi connectivity index (χ1) is 7.27. The van der Waals surface area contributed by atoms with Gasteiger partial charge < -0.3 is 10.2 Å². The van der Waals surface area contributed by atoms with Crippen LogP contribution in [0.3, 0.4) is 0 Å². The van der Waals surface area contributed by atoms with E-state index in [0.717, 1.165) is 19.1 Å². The number of aliphatic hydroxyl groups is 1. The molecule has 0 unspecified atom stereocenters. The van der Waals surface area contributed by atoms with Crippen LogP contribution in [0.5, 0.6) is 0 Å². The molecule has 1 aromatic carbocycles. The summed E-state index contributed by atoms with van der Waals surface area (Å²) in [4.78, 5) is 9.00. The van der Waals surface area contributed by atoms with E-state index in [1.54, 1.807) is 0 Å². The Labute approximate surface area is 90.1 Å². The summed E-state index contributed by atoms with van der Waals surface area (Å²) in [7, 11) is 0. The molecule has 0 spiro atoms. The summed E-state index contributed by atoms with van der Waals surface area (Å²) in [6.07, 6.45) is -4.30. The number of hydrogen-bond donors (Lipinski definition) is 2. The molecular weight excluding hydrogens is 225 g/mol. The molecule has 16 heavy (non-hydrogen) atoms. The second-order valence-electron chi connectivity index (χ2n) is 2.87. The normalized spacial score (nSPS) is 10.3. The van der Waals surface area contributed by atoms with E-state index >= 15 is 0 Å². The molecule has 0 aliphatic carbocycles. The number of hydrogen-bond acceptors (Lipinski definition) is 2. The van der Waals surface area contributed by atoms with Crippen molar-refractivity contribution in [1.29, 1.82) is 0 Å². The van der Waals surface area contributed by atoms with Crippen LogP contribution in [-0.2, 0) is 17.6 Å². The van der Waals surface area contributed by atoms with Crippen molar-refractivity contribution < 1.29 is 28.2 Å². The molecule has 0 fully saturated rings. The predicted molar refractivity (Wildman–Crippen MR) is 50.7 cm³/mol. The Morgan fingerprint density at radius 2 is 1.62 bits per heavy atom. The molecule has 0 aliphatic rings. The number of halogens is 3. The van der Waals surface area contributed by atoms with Crippen LogP contribution in [0, 0.1) is 0 Å². The van der Waals surface area contributed by atoms with Crippen LogP contribution >= 0.6 is 0 Å². The fourth-order valence-electron chi connectivity index (χ4n) is 0.799. The molecule has 90 valence electrons. The van der Waals surface area contributed by atoms with Crippen molar-refractivity contribution in [3.05, 3.63) is 35.4 Å². The Balaban J connectivity index is 0.000000487. The van der Waals surface area contributed by atoms with Gasteiger partial charge in [0.15, 0.2) is 0 Å². The van der Waals surface area contributed by atoms with Crippen LogP contribution in [0.15, 0.2) is 24.3 Å². The Morgan fingerprint density at radius 3 is 1.88 bits per heavy atom. The highest BCUT2D eigenvalue weighted by atomic mass is 19.4. The van der Waals surface area contributed by atoms with E-state index < -0.39 is 17.7 Å². The van der Waals surface area contributed by atoms with Gasteiger partial charge in [0, 0.05) is 6.92 Å². The standard InChI is InChI=1S/C8H7F3O.C2H4O2/c9-8(10,11)7-3-1-6(5-12)2-4-7;1-2(3)4/h1-4,12H,5H2;1H3,(H,3,4). The molecule has 1 aromatic rings. The highest BCUT2D eigenvalue weighted by molar-refractivity contribution is 5.62. The fourth-order valence-corrected chi connectivity index (χ4v) is 0.799. The van der Waals surface area contributed by atoms with Gasteiger partial charge in [-0.3, -0.25) is 4.79 Å². The van der Waals surface area contributed by atoms with E-state index in [2.05, 4.69) is 0 Å². The average Bonchev–Trinajstić information content (AvgIpc) is 2.16. The highest BCUT2D eigenvalue weighted by Crippen LogP contribution is 2.28. The molecule has 2 N–H and O–H groups in total. The minimum atomic E-state index is -4.30. The lowest BCUT2D eigenvalue weighted by molar-refractivity contribution is -0.137. The van der Waals surface area contributed by atoms with Gasteiger partial charge in [0.05, 0.1) is 12.2 Å². The third-order valence-electron chi connectivity index (χ3n) is 1.46. The van der Waals surface area contributed by atoms with Gasteiger partial charge >= 0.3 is 6.18 Å². The lowest BCUT2D eigenvalue weighted by atomic mass is 10.1. The number of carbonyl (C=O) groups is 1. The van der Waals surface area contributed by atoms with Crippen molar-refractivity contribution in [2.45, 2.75) is 19.7 Å². The van der Waals surface area contributed by atoms with Gasteiger partial charge in [-0.25, -0.2) is 0 Å². The third-order valence-corrected chi connectivity index (χ3v) is 1.46. The molecular formula is C10H11F3O3. The lowest BCUT2D eigenvalue weighted by Crippen LogP contribution is -2.04. The first-order valence-electron chi connectivity index (χ1n) is 4.24. The Kier molecular flexibility index (Phi) is 5.52. The summed E-state index contributed by atoms with van der Waals surface area (Å²) in [6.45, 7) is 0.845. The molecule has 0 saturated heterocycles. The molecule has 3 nitrogen and oxygen atoms in total. The van der Waals surface area contributed by atoms with Crippen LogP contribution in [0.1, 0.15) is 18.1 Å². The van der Waals surface area contributed by atoms with Crippen molar-refractivity contribution in [2.24, 2.45) is 0 Å². The molecule has 0 saturated carbocycles. The topological polar surface area (TPSA) is 57.5 Å². The summed E-state index contributed by atoms with van der Waals surface area (Å²) in [6, 6.07) is 4.41. The maximum Gasteiger partial charge on any atom is 0.416 e. The maximum absolute atomic E-state index is 12.0. The number of carboxylic acid groups (broad SMARTS) is 1. The zero-order valence-electron chi connectivity index (χ0n) is 8.45. The second-order valence-corrected chi connectivity index (χ2v) is 2.87. The molecule has 0 heterocycles. The number of benzene rings is 1. The lowest BCUT2D eigenvalue weighted by Gasteiger charge is -2.05. The first kappa shape index (κ1) is 14.4. The summed E-state index contributed by atoms with van der Waals surface area (Å²) in [5.41, 5.74) is -0.220. The average molecular weight is 236 g/mol. The van der Waals surface area contributed by atoms with E-state index in [1.807, 2.05) is 0 Å². The summed E-state index contributed by atoms with van der Waals surface area (Å²) in [5.74, 6) is -0.833. The quantitative estimate of drug-likeness (QED) is 0.786. The van der Waals surface area contributed by atoms with E-state index in [9.17, 15) is 13.2 Å². The second kappa shape index (κ2) is 6.12. The van der Waals surface area contributed by atoms with E-state index in [0.29, 0.717) is 5.56 Å². The number of aliphatic hydroxyl groups excluding tert-OH is 1. The smallest absolute Gasteiger partial charge is 0.416 e. The number of rotatable bonds is 1. The van der Waals surface area contributed by atoms with Gasteiger partial charge in [-0.1, -0.05) is 12.1 Å². The van der Waals surface area contributed by atoms with Crippen LogP contribution in [0.25, 0.3) is 0 Å². The summed E-state index contributed by atoms with van der Waals surface area (Å²) in [5, 5.41) is 16.0. The van der Waals surface area contributed by atoms with Gasteiger partial charge in [0.2, 0.25) is 0 Å². The van der Waals surface area contributed by atoms with Crippen molar-refractivity contribution in [3.8, 4) is 0 Å². The van der Waals surface area contributed by atoms with Crippen molar-refractivity contribution in [2.75, 3.05) is 0 Å². The Hall–Kier alpha value is -1.56. The van der Waals surface area contributed by atoms with Crippen molar-refractivity contribution >= 4 is 5.97 Å². The monoisotopic (exact) mass is 236 g/mol. The van der Waals surface area contributed by atoms with Crippen LogP contribution in [0.2, 0.25) is 0 Å². The minimum Gasteiger partial charge on any atom is -0.481 e. The van der Waals surface area contributed by atoms with Crippen LogP contribution in [-0.4, -0.2) is 16.2 Å². The molecule has 0 bridgehead atoms. The number of carboxylic acids is 1. The van der Waals surface area contributed by atoms with Gasteiger partial charge in [0.25, 0.3) is 5.97 Å². The van der Waals surface area contributed by atoms with E-state index in [4.69, 9.17) is 15.0 Å². The third kappa shape index (κ3) is 6.02. The van der Waals surface area contributed by atoms with Crippen molar-refractivity contribution in [3.63, 3.8) is 0 Å². The maximum atomic E-state index is 12.0. The summed E-state index contributed by atoms with van der Waals surface area (Å²) < 4.78 is 35.9. The van der Waals surface area contributed by atoms with Crippen LogP contribution in [0.4, 0.5) is 13.2 Å². The zero-order valence-corrected chi connectivity index (χ0v) is 8.45.